The van der Waals surface area contributed by atoms with Crippen molar-refractivity contribution in [2.24, 2.45) is 5.41 Å². The van der Waals surface area contributed by atoms with E-state index in [2.05, 4.69) is 0 Å². The maximum absolute atomic E-state index is 11.6. The van der Waals surface area contributed by atoms with Gasteiger partial charge in [-0.2, -0.15) is 0 Å². The Morgan fingerprint density at radius 3 is 1.38 bits per heavy atom. The van der Waals surface area contributed by atoms with Crippen molar-refractivity contribution in [3.63, 3.8) is 0 Å². The van der Waals surface area contributed by atoms with Gasteiger partial charge in [0.2, 0.25) is 0 Å². The molecule has 0 aromatic heterocycles. The van der Waals surface area contributed by atoms with Crippen LogP contribution in [0.15, 0.2) is 0 Å². The third kappa shape index (κ3) is 13.2. The average molecular weight is 376 g/mol. The smallest absolute Gasteiger partial charge is 0.305 e. The van der Waals surface area contributed by atoms with Gasteiger partial charge in [0.05, 0.1) is 12.0 Å². The van der Waals surface area contributed by atoms with E-state index < -0.39 is 29.3 Å². The number of carboxylic acid groups (broad SMARTS) is 2. The number of aliphatic hydroxyl groups excluding tert-OH is 1. The first-order valence-electron chi connectivity index (χ1n) is 8.54. The van der Waals surface area contributed by atoms with Gasteiger partial charge in [-0.1, -0.05) is 6.92 Å². The average Bonchev–Trinajstić information content (AvgIpc) is 2.58. The van der Waals surface area contributed by atoms with E-state index >= 15 is 0 Å². The number of carboxylic acids is 2. The number of aliphatic hydroxyl groups is 1. The van der Waals surface area contributed by atoms with Crippen molar-refractivity contribution in [1.82, 2.24) is 0 Å². The molecule has 9 heteroatoms. The molecule has 0 aliphatic rings. The second-order valence-corrected chi connectivity index (χ2v) is 6.49. The topological polar surface area (TPSA) is 147 Å². The van der Waals surface area contributed by atoms with Crippen LogP contribution in [0.25, 0.3) is 0 Å². The number of unbranched alkanes of at least 4 members (excludes halogenated alkanes) is 2. The van der Waals surface area contributed by atoms with Crippen LogP contribution >= 0.6 is 0 Å². The highest BCUT2D eigenvalue weighted by atomic mass is 16.5. The SMILES string of the molecule is CC(CO)(COC(=O)CCCCC(=O)O)COC(=O)CCCCC(=O)O. The first-order chi connectivity index (χ1) is 12.2. The molecule has 0 saturated heterocycles. The molecule has 0 heterocycles. The van der Waals surface area contributed by atoms with Crippen molar-refractivity contribution in [1.29, 1.82) is 0 Å². The number of esters is 2. The minimum atomic E-state index is -0.937. The summed E-state index contributed by atoms with van der Waals surface area (Å²) in [6.45, 7) is 0.981. The monoisotopic (exact) mass is 376 g/mol. The lowest BCUT2D eigenvalue weighted by Gasteiger charge is -2.26. The van der Waals surface area contributed by atoms with Crippen molar-refractivity contribution < 1.29 is 44.0 Å². The largest absolute Gasteiger partial charge is 0.481 e. The van der Waals surface area contributed by atoms with Crippen LogP contribution in [0.4, 0.5) is 0 Å². The number of hydrogen-bond acceptors (Lipinski definition) is 7. The van der Waals surface area contributed by atoms with E-state index in [1.165, 1.54) is 0 Å². The highest BCUT2D eigenvalue weighted by molar-refractivity contribution is 5.70. The van der Waals surface area contributed by atoms with Gasteiger partial charge in [-0.05, 0) is 25.7 Å². The molecule has 150 valence electrons. The van der Waals surface area contributed by atoms with Gasteiger partial charge in [-0.3, -0.25) is 19.2 Å². The summed E-state index contributed by atoms with van der Waals surface area (Å²) in [6.07, 6.45) is 1.69. The molecule has 0 atom stereocenters. The summed E-state index contributed by atoms with van der Waals surface area (Å²) in [7, 11) is 0. The van der Waals surface area contributed by atoms with Crippen LogP contribution in [0.2, 0.25) is 0 Å². The number of carbonyl (C=O) groups is 4. The second-order valence-electron chi connectivity index (χ2n) is 6.49. The Bertz CT molecular complexity index is 435. The molecule has 3 N–H and O–H groups in total. The number of rotatable bonds is 15. The summed E-state index contributed by atoms with van der Waals surface area (Å²) < 4.78 is 10.1. The molecule has 0 spiro atoms. The maximum atomic E-state index is 11.6. The lowest BCUT2D eigenvalue weighted by atomic mass is 9.94. The molecule has 0 aliphatic carbocycles. The number of ether oxygens (including phenoxy) is 2. The summed E-state index contributed by atoms with van der Waals surface area (Å²) >= 11 is 0. The number of aliphatic carboxylic acids is 2. The Hall–Kier alpha value is -2.16. The minimum absolute atomic E-state index is 0.00987. The van der Waals surface area contributed by atoms with Gasteiger partial charge in [-0.25, -0.2) is 0 Å². The zero-order chi connectivity index (χ0) is 20.0. The predicted octanol–water partition coefficient (Wildman–Crippen LogP) is 1.36. The standard InChI is InChI=1S/C17H28O9/c1-17(10-18,11-25-15(23)8-4-2-6-13(19)20)12-26-16(24)9-5-3-7-14(21)22/h18H,2-12H2,1H3,(H,19,20)(H,21,22). The first-order valence-corrected chi connectivity index (χ1v) is 8.54. The normalized spacial score (nSPS) is 11.0. The molecule has 0 fully saturated rings. The predicted molar refractivity (Wildman–Crippen MR) is 89.3 cm³/mol. The third-order valence-electron chi connectivity index (χ3n) is 3.59. The zero-order valence-corrected chi connectivity index (χ0v) is 15.1. The van der Waals surface area contributed by atoms with Gasteiger partial charge >= 0.3 is 23.9 Å². The highest BCUT2D eigenvalue weighted by Gasteiger charge is 2.27. The Morgan fingerprint density at radius 1 is 0.731 bits per heavy atom. The van der Waals surface area contributed by atoms with E-state index in [4.69, 9.17) is 19.7 Å². The van der Waals surface area contributed by atoms with Crippen LogP contribution in [0, 0.1) is 5.41 Å². The molecule has 0 saturated carbocycles. The summed E-state index contributed by atoms with van der Waals surface area (Å²) in [6, 6.07) is 0. The van der Waals surface area contributed by atoms with Crippen LogP contribution in [-0.4, -0.2) is 59.0 Å². The van der Waals surface area contributed by atoms with Gasteiger partial charge in [0.25, 0.3) is 0 Å². The van der Waals surface area contributed by atoms with Crippen LogP contribution in [0.5, 0.6) is 0 Å². The number of hydrogen-bond donors (Lipinski definition) is 3. The molecule has 0 unspecified atom stereocenters. The molecule has 0 amide bonds. The quantitative estimate of drug-likeness (QED) is 0.284. The van der Waals surface area contributed by atoms with E-state index in [1.54, 1.807) is 6.92 Å². The molecule has 0 radical (unpaired) electrons. The second kappa shape index (κ2) is 13.1. The summed E-state index contributed by atoms with van der Waals surface area (Å²) in [5, 5.41) is 26.5. The summed E-state index contributed by atoms with van der Waals surface area (Å²) in [5.74, 6) is -2.85. The van der Waals surface area contributed by atoms with Gasteiger partial charge in [0.15, 0.2) is 0 Å². The van der Waals surface area contributed by atoms with Gasteiger partial charge in [-0.15, -0.1) is 0 Å². The Kier molecular flexibility index (Phi) is 12.0. The Balaban J connectivity index is 4.03. The van der Waals surface area contributed by atoms with Crippen LogP contribution in [0.1, 0.15) is 58.3 Å². The summed E-state index contributed by atoms with van der Waals surface area (Å²) in [4.78, 5) is 44.0. The molecular weight excluding hydrogens is 348 g/mol. The molecule has 9 nitrogen and oxygen atoms in total. The molecule has 0 rings (SSSR count). The van der Waals surface area contributed by atoms with E-state index in [1.807, 2.05) is 0 Å². The van der Waals surface area contributed by atoms with Gasteiger partial charge in [0.1, 0.15) is 13.2 Å². The molecule has 0 aromatic carbocycles. The van der Waals surface area contributed by atoms with Crippen molar-refractivity contribution in [3.05, 3.63) is 0 Å². The maximum Gasteiger partial charge on any atom is 0.305 e. The van der Waals surface area contributed by atoms with E-state index in [0.29, 0.717) is 25.7 Å². The lowest BCUT2D eigenvalue weighted by molar-refractivity contribution is -0.155. The van der Waals surface area contributed by atoms with Crippen molar-refractivity contribution >= 4 is 23.9 Å². The Labute approximate surface area is 152 Å². The van der Waals surface area contributed by atoms with E-state index in [-0.39, 0.29) is 45.5 Å². The van der Waals surface area contributed by atoms with Crippen LogP contribution < -0.4 is 0 Å². The number of carbonyl (C=O) groups excluding carboxylic acids is 2. The fourth-order valence-electron chi connectivity index (χ4n) is 1.88. The van der Waals surface area contributed by atoms with Gasteiger partial charge in [0, 0.05) is 25.7 Å². The van der Waals surface area contributed by atoms with Crippen molar-refractivity contribution in [2.45, 2.75) is 58.3 Å². The lowest BCUT2D eigenvalue weighted by Crippen LogP contribution is -2.35. The fraction of sp³-hybridized carbons (Fsp3) is 0.765. The molecule has 0 aromatic rings. The first kappa shape index (κ1) is 23.8. The third-order valence-corrected chi connectivity index (χ3v) is 3.59. The van der Waals surface area contributed by atoms with Gasteiger partial charge < -0.3 is 24.8 Å². The molecule has 26 heavy (non-hydrogen) atoms. The molecule has 0 aliphatic heterocycles. The minimum Gasteiger partial charge on any atom is -0.481 e. The van der Waals surface area contributed by atoms with E-state index in [0.717, 1.165) is 0 Å². The van der Waals surface area contributed by atoms with Crippen LogP contribution in [0.3, 0.4) is 0 Å². The van der Waals surface area contributed by atoms with Crippen molar-refractivity contribution in [2.75, 3.05) is 19.8 Å². The fourth-order valence-corrected chi connectivity index (χ4v) is 1.88. The zero-order valence-electron chi connectivity index (χ0n) is 15.1. The van der Waals surface area contributed by atoms with E-state index in [9.17, 15) is 24.3 Å². The Morgan fingerprint density at radius 2 is 1.08 bits per heavy atom. The van der Waals surface area contributed by atoms with Crippen LogP contribution in [-0.2, 0) is 28.7 Å². The summed E-state index contributed by atoms with van der Waals surface area (Å²) in [5.41, 5.74) is -0.937. The van der Waals surface area contributed by atoms with Crippen molar-refractivity contribution in [3.8, 4) is 0 Å². The molecule has 0 bridgehead atoms. The highest BCUT2D eigenvalue weighted by Crippen LogP contribution is 2.18. The molecular formula is C17H28O9.